The SMILES string of the molecule is CCN1C(=O)C=CC1=O.CCNC(=O)CSSc1ccccn1.CNC(=O)CSc1ccccn1.Cc1ccc(N2C(=O)C=CC2=O)cc1.Cc1ccc(NC(=O)CSSc2ccccn2)cc1.O=C1C=CC(=O)N1.[HH]. The van der Waals surface area contributed by atoms with Gasteiger partial charge in [0.2, 0.25) is 17.7 Å². The normalized spacial score (nSPS) is 12.5. The average Bonchev–Trinajstić information content (AvgIpc) is 4.09. The largest absolute Gasteiger partial charge is 0.358 e. The van der Waals surface area contributed by atoms with E-state index in [0.717, 1.165) is 31.2 Å². The number of carbonyl (C=O) groups is 9. The number of carbonyl (C=O) groups excluding carboxylic acids is 9. The van der Waals surface area contributed by atoms with Crippen LogP contribution in [0.25, 0.3) is 0 Å². The van der Waals surface area contributed by atoms with E-state index in [1.807, 2.05) is 117 Å². The minimum Gasteiger partial charge on any atom is -0.358 e. The number of hydrogen-bond acceptors (Lipinski definition) is 17. The van der Waals surface area contributed by atoms with Gasteiger partial charge in [-0.05, 0) is 110 Å². The Labute approximate surface area is 456 Å². The second kappa shape index (κ2) is 35.8. The van der Waals surface area contributed by atoms with Gasteiger partial charge in [-0.2, -0.15) is 0 Å². The molecule has 0 atom stereocenters. The Balaban J connectivity index is 0.000000319. The summed E-state index contributed by atoms with van der Waals surface area (Å²) in [6, 6.07) is 32.1. The fraction of sp³-hybridized carbons (Fsp3) is 0.192. The lowest BCUT2D eigenvalue weighted by Gasteiger charge is -2.13. The number of amides is 9. The topological polar surface area (TPSA) is 247 Å². The molecule has 18 nitrogen and oxygen atoms in total. The van der Waals surface area contributed by atoms with Crippen LogP contribution in [0.15, 0.2) is 173 Å². The zero-order chi connectivity index (χ0) is 54.8. The van der Waals surface area contributed by atoms with Gasteiger partial charge in [0.15, 0.2) is 0 Å². The summed E-state index contributed by atoms with van der Waals surface area (Å²) in [7, 11) is 7.63. The highest BCUT2D eigenvalue weighted by atomic mass is 33.1. The van der Waals surface area contributed by atoms with Crippen LogP contribution in [0.1, 0.15) is 26.4 Å². The molecule has 23 heteroatoms. The quantitative estimate of drug-likeness (QED) is 0.0452. The molecule has 0 fully saturated rings. The maximum atomic E-state index is 11.7. The molecule has 394 valence electrons. The van der Waals surface area contributed by atoms with E-state index in [1.165, 1.54) is 102 Å². The lowest BCUT2D eigenvalue weighted by molar-refractivity contribution is -0.136. The van der Waals surface area contributed by atoms with Crippen LogP contribution in [0, 0.1) is 13.8 Å². The lowest BCUT2D eigenvalue weighted by atomic mass is 10.2. The Bertz CT molecular complexity index is 2710. The van der Waals surface area contributed by atoms with Crippen LogP contribution < -0.4 is 26.2 Å². The molecular formula is C52H57N9O9S5. The van der Waals surface area contributed by atoms with Crippen molar-refractivity contribution in [3.63, 3.8) is 0 Å². The highest BCUT2D eigenvalue weighted by Crippen LogP contribution is 2.29. The van der Waals surface area contributed by atoms with E-state index < -0.39 is 0 Å². The zero-order valence-corrected chi connectivity index (χ0v) is 45.6. The monoisotopic (exact) mass is 1110 g/mol. The van der Waals surface area contributed by atoms with E-state index in [2.05, 4.69) is 30.9 Å². The Morgan fingerprint density at radius 1 is 0.547 bits per heavy atom. The van der Waals surface area contributed by atoms with Gasteiger partial charge >= 0.3 is 0 Å². The number of benzene rings is 2. The molecule has 0 saturated heterocycles. The third kappa shape index (κ3) is 26.0. The average molecular weight is 1110 g/mol. The van der Waals surface area contributed by atoms with E-state index in [9.17, 15) is 43.2 Å². The summed E-state index contributed by atoms with van der Waals surface area (Å²) < 4.78 is 0. The molecule has 0 saturated carbocycles. The Kier molecular flexibility index (Phi) is 29.6. The first-order valence-corrected chi connectivity index (χ1v) is 28.2. The zero-order valence-electron chi connectivity index (χ0n) is 41.5. The molecule has 2 aromatic carbocycles. The number of likely N-dealkylation sites (N-methyl/N-ethyl adjacent to an activating group) is 1. The van der Waals surface area contributed by atoms with Crippen LogP contribution in [0.2, 0.25) is 0 Å². The smallest absolute Gasteiger partial charge is 0.258 e. The van der Waals surface area contributed by atoms with Crippen molar-refractivity contribution in [2.75, 3.05) is 47.6 Å². The molecule has 3 aromatic heterocycles. The Hall–Kier alpha value is -7.31. The lowest BCUT2D eigenvalue weighted by Crippen LogP contribution is -2.29. The number of nitrogens with one attached hydrogen (secondary N) is 4. The van der Waals surface area contributed by atoms with Gasteiger partial charge in [-0.3, -0.25) is 53.4 Å². The molecule has 9 amide bonds. The van der Waals surface area contributed by atoms with Crippen molar-refractivity contribution in [2.45, 2.75) is 42.8 Å². The minimum absolute atomic E-state index is 0. The van der Waals surface area contributed by atoms with Gasteiger partial charge in [0.1, 0.15) is 10.1 Å². The van der Waals surface area contributed by atoms with Crippen LogP contribution in [-0.2, 0) is 43.2 Å². The van der Waals surface area contributed by atoms with Crippen molar-refractivity contribution in [3.8, 4) is 0 Å². The van der Waals surface area contributed by atoms with Gasteiger partial charge in [-0.25, -0.2) is 19.9 Å². The predicted molar refractivity (Wildman–Crippen MR) is 301 cm³/mol. The van der Waals surface area contributed by atoms with Gasteiger partial charge in [0.05, 0.1) is 28.0 Å². The number of anilines is 2. The van der Waals surface area contributed by atoms with Crippen LogP contribution in [-0.4, -0.2) is 110 Å². The molecule has 8 rings (SSSR count). The second-order valence-electron chi connectivity index (χ2n) is 14.6. The third-order valence-electron chi connectivity index (χ3n) is 8.87. The number of thioether (sulfide) groups is 1. The number of imide groups is 3. The molecule has 75 heavy (non-hydrogen) atoms. The first-order valence-electron chi connectivity index (χ1n) is 22.6. The van der Waals surface area contributed by atoms with Crippen LogP contribution in [0.5, 0.6) is 0 Å². The molecule has 0 unspecified atom stereocenters. The highest BCUT2D eigenvalue weighted by molar-refractivity contribution is 8.77. The van der Waals surface area contributed by atoms with Gasteiger partial charge in [0, 0.05) is 82.3 Å². The number of pyridine rings is 3. The van der Waals surface area contributed by atoms with E-state index >= 15 is 0 Å². The molecular weight excluding hydrogens is 1050 g/mol. The number of aromatic nitrogens is 3. The van der Waals surface area contributed by atoms with Crippen LogP contribution >= 0.6 is 54.9 Å². The van der Waals surface area contributed by atoms with E-state index in [-0.39, 0.29) is 54.6 Å². The standard InChI is InChI=1S/C14H14N2OS2.C11H9NO2.C9H12N2OS2.C8H10N2OS.C6H7NO2.C4H3NO2.H2/c1-11-5-7-12(8-6-11)16-13(17)10-18-19-14-4-2-3-9-15-14;1-8-2-4-9(5-3-8)12-10(13)6-7-11(12)14;1-2-10-8(12)7-13-14-9-5-3-4-6-11-9;1-9-7(11)6-12-8-4-2-3-5-10-8;1-2-7-5(8)3-4-6(7)9;6-3-1-2-4(7)5-3;/h2-9H,10H2,1H3,(H,16,17);2-7H,1H3;3-6H,2,7H2,1H3,(H,10,12);2-5H,6H2,1H3,(H,9,11);3-4H,2H2,1H3;1-2H,(H,5,6,7);1H. The molecule has 3 aliphatic heterocycles. The molecule has 5 aromatic rings. The molecule has 0 spiro atoms. The van der Waals surface area contributed by atoms with Gasteiger partial charge < -0.3 is 16.0 Å². The number of hydrogen-bond donors (Lipinski definition) is 4. The molecule has 6 heterocycles. The fourth-order valence-electron chi connectivity index (χ4n) is 5.25. The minimum atomic E-state index is -0.329. The predicted octanol–water partition coefficient (Wildman–Crippen LogP) is 7.45. The summed E-state index contributed by atoms with van der Waals surface area (Å²) in [5.41, 5.74) is 3.73. The maximum Gasteiger partial charge on any atom is 0.258 e. The van der Waals surface area contributed by atoms with E-state index in [4.69, 9.17) is 0 Å². The Morgan fingerprint density at radius 2 is 1.00 bits per heavy atom. The summed E-state index contributed by atoms with van der Waals surface area (Å²) in [5.74, 6) is -0.251. The van der Waals surface area contributed by atoms with Crippen molar-refractivity contribution in [1.29, 1.82) is 0 Å². The van der Waals surface area contributed by atoms with E-state index in [1.54, 1.807) is 44.7 Å². The highest BCUT2D eigenvalue weighted by Gasteiger charge is 2.24. The third-order valence-corrected chi connectivity index (χ3v) is 14.1. The first-order chi connectivity index (χ1) is 36.1. The number of nitrogens with zero attached hydrogens (tertiary/aromatic N) is 5. The number of rotatable bonds is 15. The summed E-state index contributed by atoms with van der Waals surface area (Å²) >= 11 is 1.43. The van der Waals surface area contributed by atoms with Crippen LogP contribution in [0.3, 0.4) is 0 Å². The summed E-state index contributed by atoms with van der Waals surface area (Å²) in [6.07, 6.45) is 12.7. The maximum absolute atomic E-state index is 11.7. The summed E-state index contributed by atoms with van der Waals surface area (Å²) in [4.78, 5) is 112. The van der Waals surface area contributed by atoms with Gasteiger partial charge in [-0.15, -0.1) is 0 Å². The molecule has 4 N–H and O–H groups in total. The molecule has 0 aliphatic carbocycles. The van der Waals surface area contributed by atoms with Crippen LogP contribution in [0.4, 0.5) is 11.4 Å². The fourth-order valence-corrected chi connectivity index (χ4v) is 9.52. The van der Waals surface area contributed by atoms with Crippen molar-refractivity contribution < 1.29 is 44.6 Å². The molecule has 3 aliphatic rings. The Morgan fingerprint density at radius 3 is 1.40 bits per heavy atom. The summed E-state index contributed by atoms with van der Waals surface area (Å²) in [6.45, 7) is 8.80. The molecule has 0 radical (unpaired) electrons. The van der Waals surface area contributed by atoms with Gasteiger partial charge in [0.25, 0.3) is 35.4 Å². The molecule has 0 bridgehead atoms. The van der Waals surface area contributed by atoms with E-state index in [0.29, 0.717) is 36.0 Å². The van der Waals surface area contributed by atoms with Crippen molar-refractivity contribution in [1.82, 2.24) is 35.8 Å². The summed E-state index contributed by atoms with van der Waals surface area (Å²) in [5, 5.41) is 12.9. The van der Waals surface area contributed by atoms with Crippen molar-refractivity contribution in [3.05, 3.63) is 169 Å². The van der Waals surface area contributed by atoms with Crippen molar-refractivity contribution in [2.24, 2.45) is 0 Å². The van der Waals surface area contributed by atoms with Crippen molar-refractivity contribution >= 4 is 119 Å². The second-order valence-corrected chi connectivity index (χ2v) is 20.3. The van der Waals surface area contributed by atoms with Gasteiger partial charge in [-0.1, -0.05) is 86.9 Å². The number of aryl methyl sites for hydroxylation is 2. The first kappa shape index (κ1) is 62.0.